The standard InChI is InChI=1S/C12H25NO2/c1-15-10-6-5-9-13-12(11-14)7-3-2-4-8-12/h13-14H,2-11H2,1H3. The van der Waals surface area contributed by atoms with Gasteiger partial charge in [-0.05, 0) is 32.2 Å². The van der Waals surface area contributed by atoms with Crippen molar-refractivity contribution in [2.75, 3.05) is 26.9 Å². The SMILES string of the molecule is COCCCCNC1(CO)CCCCC1. The fraction of sp³-hybridized carbons (Fsp3) is 1.00. The second-order valence-corrected chi connectivity index (χ2v) is 4.63. The molecule has 90 valence electrons. The van der Waals surface area contributed by atoms with Crippen LogP contribution < -0.4 is 5.32 Å². The highest BCUT2D eigenvalue weighted by molar-refractivity contribution is 4.89. The number of hydrogen-bond acceptors (Lipinski definition) is 3. The van der Waals surface area contributed by atoms with Crippen molar-refractivity contribution in [1.82, 2.24) is 5.32 Å². The molecule has 0 spiro atoms. The lowest BCUT2D eigenvalue weighted by atomic mass is 9.82. The molecule has 0 aliphatic heterocycles. The lowest BCUT2D eigenvalue weighted by Crippen LogP contribution is -2.50. The summed E-state index contributed by atoms with van der Waals surface area (Å²) in [6.07, 6.45) is 8.34. The second-order valence-electron chi connectivity index (χ2n) is 4.63. The Hall–Kier alpha value is -0.120. The van der Waals surface area contributed by atoms with Crippen LogP contribution in [-0.2, 0) is 4.74 Å². The third kappa shape index (κ3) is 4.49. The van der Waals surface area contributed by atoms with Crippen molar-refractivity contribution in [3.63, 3.8) is 0 Å². The smallest absolute Gasteiger partial charge is 0.0613 e. The van der Waals surface area contributed by atoms with Gasteiger partial charge in [-0.25, -0.2) is 0 Å². The first kappa shape index (κ1) is 12.9. The Kier molecular flexibility index (Phi) is 6.22. The van der Waals surface area contributed by atoms with Gasteiger partial charge in [-0.1, -0.05) is 19.3 Å². The maximum Gasteiger partial charge on any atom is 0.0613 e. The molecule has 0 aromatic carbocycles. The van der Waals surface area contributed by atoms with Crippen molar-refractivity contribution in [3.05, 3.63) is 0 Å². The first-order valence-corrected chi connectivity index (χ1v) is 6.18. The predicted molar refractivity (Wildman–Crippen MR) is 62.0 cm³/mol. The molecule has 0 amide bonds. The second kappa shape index (κ2) is 7.20. The van der Waals surface area contributed by atoms with Gasteiger partial charge in [0.2, 0.25) is 0 Å². The topological polar surface area (TPSA) is 41.5 Å². The van der Waals surface area contributed by atoms with Gasteiger partial charge in [0.25, 0.3) is 0 Å². The molecule has 0 unspecified atom stereocenters. The van der Waals surface area contributed by atoms with Crippen LogP contribution in [0.3, 0.4) is 0 Å². The predicted octanol–water partition coefficient (Wildman–Crippen LogP) is 1.70. The van der Waals surface area contributed by atoms with E-state index in [1.54, 1.807) is 7.11 Å². The van der Waals surface area contributed by atoms with Gasteiger partial charge in [0, 0.05) is 19.3 Å². The van der Waals surface area contributed by atoms with Gasteiger partial charge in [-0.3, -0.25) is 0 Å². The Morgan fingerprint density at radius 1 is 1.20 bits per heavy atom. The van der Waals surface area contributed by atoms with Crippen LogP contribution >= 0.6 is 0 Å². The van der Waals surface area contributed by atoms with Crippen LogP contribution in [0, 0.1) is 0 Å². The molecule has 1 rings (SSSR count). The van der Waals surface area contributed by atoms with Crippen LogP contribution in [0.4, 0.5) is 0 Å². The minimum atomic E-state index is 0.0331. The van der Waals surface area contributed by atoms with Gasteiger partial charge in [0.05, 0.1) is 6.61 Å². The lowest BCUT2D eigenvalue weighted by Gasteiger charge is -2.36. The van der Waals surface area contributed by atoms with E-state index in [0.29, 0.717) is 0 Å². The van der Waals surface area contributed by atoms with Crippen molar-refractivity contribution >= 4 is 0 Å². The molecule has 1 fully saturated rings. The average Bonchev–Trinajstić information content (AvgIpc) is 2.30. The fourth-order valence-electron chi connectivity index (χ4n) is 2.34. The number of methoxy groups -OCH3 is 1. The molecular formula is C12H25NO2. The molecule has 1 saturated carbocycles. The van der Waals surface area contributed by atoms with Gasteiger partial charge in [0.1, 0.15) is 0 Å². The largest absolute Gasteiger partial charge is 0.394 e. The van der Waals surface area contributed by atoms with Crippen LogP contribution in [-0.4, -0.2) is 37.5 Å². The van der Waals surface area contributed by atoms with Crippen LogP contribution in [0.1, 0.15) is 44.9 Å². The summed E-state index contributed by atoms with van der Waals surface area (Å²) in [7, 11) is 1.74. The third-order valence-electron chi connectivity index (χ3n) is 3.39. The van der Waals surface area contributed by atoms with E-state index in [-0.39, 0.29) is 12.1 Å². The highest BCUT2D eigenvalue weighted by Gasteiger charge is 2.30. The molecule has 15 heavy (non-hydrogen) atoms. The van der Waals surface area contributed by atoms with Crippen molar-refractivity contribution in [2.45, 2.75) is 50.5 Å². The Labute approximate surface area is 93.2 Å². The number of aliphatic hydroxyl groups is 1. The first-order valence-electron chi connectivity index (χ1n) is 6.18. The van der Waals surface area contributed by atoms with E-state index in [0.717, 1.165) is 38.8 Å². The summed E-state index contributed by atoms with van der Waals surface area (Å²) in [6.45, 7) is 2.13. The quantitative estimate of drug-likeness (QED) is 0.635. The summed E-state index contributed by atoms with van der Waals surface area (Å²) < 4.78 is 5.01. The highest BCUT2D eigenvalue weighted by atomic mass is 16.5. The van der Waals surface area contributed by atoms with E-state index in [1.165, 1.54) is 19.3 Å². The van der Waals surface area contributed by atoms with Gasteiger partial charge in [-0.2, -0.15) is 0 Å². The Bertz CT molecular complexity index is 156. The maximum absolute atomic E-state index is 9.46. The molecule has 2 N–H and O–H groups in total. The summed E-state index contributed by atoms with van der Waals surface area (Å²) in [4.78, 5) is 0. The summed E-state index contributed by atoms with van der Waals surface area (Å²) in [5.74, 6) is 0. The average molecular weight is 215 g/mol. The molecule has 0 bridgehead atoms. The first-order chi connectivity index (χ1) is 7.33. The van der Waals surface area contributed by atoms with Crippen LogP contribution in [0.25, 0.3) is 0 Å². The van der Waals surface area contributed by atoms with E-state index >= 15 is 0 Å². The molecule has 1 aliphatic rings. The molecule has 0 saturated heterocycles. The number of aliphatic hydroxyl groups excluding tert-OH is 1. The molecule has 1 aliphatic carbocycles. The zero-order valence-electron chi connectivity index (χ0n) is 9.93. The van der Waals surface area contributed by atoms with Gasteiger partial charge in [0.15, 0.2) is 0 Å². The van der Waals surface area contributed by atoms with E-state index < -0.39 is 0 Å². The van der Waals surface area contributed by atoms with E-state index in [4.69, 9.17) is 4.74 Å². The number of unbranched alkanes of at least 4 members (excludes halogenated alkanes) is 1. The van der Waals surface area contributed by atoms with Gasteiger partial charge in [-0.15, -0.1) is 0 Å². The summed E-state index contributed by atoms with van der Waals surface area (Å²) in [6, 6.07) is 0. The highest BCUT2D eigenvalue weighted by Crippen LogP contribution is 2.27. The van der Waals surface area contributed by atoms with Crippen LogP contribution in [0.5, 0.6) is 0 Å². The Balaban J connectivity index is 2.15. The molecule has 3 nitrogen and oxygen atoms in total. The fourth-order valence-corrected chi connectivity index (χ4v) is 2.34. The van der Waals surface area contributed by atoms with Crippen molar-refractivity contribution in [1.29, 1.82) is 0 Å². The molecule has 0 aromatic rings. The van der Waals surface area contributed by atoms with E-state index in [2.05, 4.69) is 5.32 Å². The summed E-state index contributed by atoms with van der Waals surface area (Å²) in [5.41, 5.74) is 0.0331. The maximum atomic E-state index is 9.46. The molecule has 3 heteroatoms. The van der Waals surface area contributed by atoms with Crippen LogP contribution in [0.15, 0.2) is 0 Å². The molecule has 0 heterocycles. The normalized spacial score (nSPS) is 20.4. The van der Waals surface area contributed by atoms with Gasteiger partial charge >= 0.3 is 0 Å². The Morgan fingerprint density at radius 3 is 2.53 bits per heavy atom. The molecular weight excluding hydrogens is 190 g/mol. The number of ether oxygens (including phenoxy) is 1. The molecule has 0 radical (unpaired) electrons. The number of hydrogen-bond donors (Lipinski definition) is 2. The zero-order chi connectivity index (χ0) is 11.0. The summed E-state index contributed by atoms with van der Waals surface area (Å²) in [5, 5.41) is 13.0. The van der Waals surface area contributed by atoms with Crippen molar-refractivity contribution in [2.24, 2.45) is 0 Å². The monoisotopic (exact) mass is 215 g/mol. The minimum Gasteiger partial charge on any atom is -0.394 e. The van der Waals surface area contributed by atoms with E-state index in [9.17, 15) is 5.11 Å². The lowest BCUT2D eigenvalue weighted by molar-refractivity contribution is 0.119. The molecule has 0 aromatic heterocycles. The van der Waals surface area contributed by atoms with Crippen molar-refractivity contribution in [3.8, 4) is 0 Å². The zero-order valence-corrected chi connectivity index (χ0v) is 9.93. The van der Waals surface area contributed by atoms with Gasteiger partial charge < -0.3 is 15.2 Å². The van der Waals surface area contributed by atoms with Crippen LogP contribution in [0.2, 0.25) is 0 Å². The summed E-state index contributed by atoms with van der Waals surface area (Å²) >= 11 is 0. The third-order valence-corrected chi connectivity index (χ3v) is 3.39. The molecule has 0 atom stereocenters. The number of rotatable bonds is 7. The number of nitrogens with one attached hydrogen (secondary N) is 1. The van der Waals surface area contributed by atoms with E-state index in [1.807, 2.05) is 0 Å². The Morgan fingerprint density at radius 2 is 1.93 bits per heavy atom. The minimum absolute atomic E-state index is 0.0331. The van der Waals surface area contributed by atoms with Crippen molar-refractivity contribution < 1.29 is 9.84 Å².